The van der Waals surface area contributed by atoms with E-state index in [-0.39, 0.29) is 18.3 Å². The van der Waals surface area contributed by atoms with E-state index in [0.29, 0.717) is 13.1 Å². The van der Waals surface area contributed by atoms with Crippen LogP contribution >= 0.6 is 11.3 Å². The zero-order chi connectivity index (χ0) is 15.9. The van der Waals surface area contributed by atoms with Gasteiger partial charge in [0, 0.05) is 44.1 Å². The lowest BCUT2D eigenvalue weighted by Crippen LogP contribution is -2.49. The Morgan fingerprint density at radius 1 is 1.50 bits per heavy atom. The highest BCUT2D eigenvalue weighted by atomic mass is 32.1. The highest BCUT2D eigenvalue weighted by Gasteiger charge is 2.24. The van der Waals surface area contributed by atoms with Gasteiger partial charge in [0.25, 0.3) is 0 Å². The molecule has 1 N–H and O–H groups in total. The van der Waals surface area contributed by atoms with Gasteiger partial charge in [0.15, 0.2) is 0 Å². The summed E-state index contributed by atoms with van der Waals surface area (Å²) in [6, 6.07) is 4.21. The number of nitrogens with zero attached hydrogens (tertiary/aromatic N) is 2. The highest BCUT2D eigenvalue weighted by molar-refractivity contribution is 7.09. The lowest BCUT2D eigenvalue weighted by molar-refractivity contribution is -0.0779. The fourth-order valence-electron chi connectivity index (χ4n) is 3.10. The van der Waals surface area contributed by atoms with Crippen molar-refractivity contribution in [3.63, 3.8) is 0 Å². The molecule has 2 heterocycles. The molecule has 0 saturated carbocycles. The lowest BCUT2D eigenvalue weighted by atomic mass is 10.2. The molecule has 1 fully saturated rings. The molecular formula is C17H28N2O2S. The van der Waals surface area contributed by atoms with Gasteiger partial charge in [-0.05, 0) is 25.3 Å². The second-order valence-corrected chi connectivity index (χ2v) is 7.22. The van der Waals surface area contributed by atoms with Crippen molar-refractivity contribution in [3.8, 4) is 0 Å². The number of hydrogen-bond acceptors (Lipinski definition) is 5. The first kappa shape index (κ1) is 17.6. The molecule has 0 amide bonds. The maximum atomic E-state index is 10.4. The minimum Gasteiger partial charge on any atom is -0.390 e. The van der Waals surface area contributed by atoms with E-state index in [0.717, 1.165) is 26.2 Å². The number of thiophene rings is 1. The van der Waals surface area contributed by atoms with Gasteiger partial charge in [-0.2, -0.15) is 0 Å². The summed E-state index contributed by atoms with van der Waals surface area (Å²) in [4.78, 5) is 5.88. The fourth-order valence-corrected chi connectivity index (χ4v) is 3.84. The van der Waals surface area contributed by atoms with E-state index in [4.69, 9.17) is 4.74 Å². The number of β-amino-alcohol motifs (C(OH)–C–C–N with tert-alkyl or cyclic N) is 1. The summed E-state index contributed by atoms with van der Waals surface area (Å²) >= 11 is 1.76. The number of aliphatic hydroxyl groups excluding tert-OH is 1. The van der Waals surface area contributed by atoms with Crippen LogP contribution in [-0.2, 0) is 11.3 Å². The van der Waals surface area contributed by atoms with Crippen molar-refractivity contribution in [1.29, 1.82) is 0 Å². The number of hydrogen-bond donors (Lipinski definition) is 1. The van der Waals surface area contributed by atoms with Gasteiger partial charge in [-0.3, -0.25) is 9.80 Å². The van der Waals surface area contributed by atoms with Crippen LogP contribution in [0.15, 0.2) is 30.2 Å². The SMILES string of the molecule is C=CCN(Cc1cccs1)CC(O)CN1CC(C)OC(C)C1. The smallest absolute Gasteiger partial charge is 0.0794 e. The predicted molar refractivity (Wildman–Crippen MR) is 92.2 cm³/mol. The summed E-state index contributed by atoms with van der Waals surface area (Å²) in [5.74, 6) is 0. The van der Waals surface area contributed by atoms with Gasteiger partial charge in [-0.25, -0.2) is 0 Å². The van der Waals surface area contributed by atoms with Crippen LogP contribution < -0.4 is 0 Å². The lowest BCUT2D eigenvalue weighted by Gasteiger charge is -2.37. The zero-order valence-corrected chi connectivity index (χ0v) is 14.5. The highest BCUT2D eigenvalue weighted by Crippen LogP contribution is 2.14. The Bertz CT molecular complexity index is 428. The number of rotatable bonds is 8. The first-order chi connectivity index (χ1) is 10.6. The molecular weight excluding hydrogens is 296 g/mol. The monoisotopic (exact) mass is 324 g/mol. The Morgan fingerprint density at radius 3 is 2.82 bits per heavy atom. The molecule has 3 atom stereocenters. The summed E-state index contributed by atoms with van der Waals surface area (Å²) < 4.78 is 5.74. The molecule has 0 radical (unpaired) electrons. The second-order valence-electron chi connectivity index (χ2n) is 6.19. The molecule has 1 aliphatic heterocycles. The van der Waals surface area contributed by atoms with Gasteiger partial charge in [0.05, 0.1) is 18.3 Å². The van der Waals surface area contributed by atoms with Crippen molar-refractivity contribution in [1.82, 2.24) is 9.80 Å². The third-order valence-corrected chi connectivity index (χ3v) is 4.64. The van der Waals surface area contributed by atoms with Gasteiger partial charge < -0.3 is 9.84 Å². The van der Waals surface area contributed by atoms with E-state index < -0.39 is 0 Å². The topological polar surface area (TPSA) is 35.9 Å². The Kier molecular flexibility index (Phi) is 7.05. The average Bonchev–Trinajstić information content (AvgIpc) is 2.90. The summed E-state index contributed by atoms with van der Waals surface area (Å²) in [7, 11) is 0. The predicted octanol–water partition coefficient (Wildman–Crippen LogP) is 2.21. The van der Waals surface area contributed by atoms with Crippen molar-refractivity contribution in [2.24, 2.45) is 0 Å². The van der Waals surface area contributed by atoms with Crippen LogP contribution in [0.4, 0.5) is 0 Å². The van der Waals surface area contributed by atoms with Crippen LogP contribution in [0.1, 0.15) is 18.7 Å². The normalized spacial score (nSPS) is 24.5. The molecule has 0 aliphatic carbocycles. The molecule has 2 rings (SSSR count). The molecule has 124 valence electrons. The maximum absolute atomic E-state index is 10.4. The molecule has 4 nitrogen and oxygen atoms in total. The molecule has 1 saturated heterocycles. The van der Waals surface area contributed by atoms with Crippen LogP contribution in [0.25, 0.3) is 0 Å². The van der Waals surface area contributed by atoms with Gasteiger partial charge in [-0.1, -0.05) is 12.1 Å². The zero-order valence-electron chi connectivity index (χ0n) is 13.6. The standard InChI is InChI=1S/C17H28N2O2S/c1-4-7-18(13-17-6-5-8-22-17)11-16(20)12-19-9-14(2)21-15(3)10-19/h4-6,8,14-16,20H,1,7,9-13H2,2-3H3. The Morgan fingerprint density at radius 2 is 2.23 bits per heavy atom. The van der Waals surface area contributed by atoms with E-state index in [1.807, 2.05) is 6.08 Å². The third-order valence-electron chi connectivity index (χ3n) is 3.78. The summed E-state index contributed by atoms with van der Waals surface area (Å²) in [5.41, 5.74) is 0. The van der Waals surface area contributed by atoms with E-state index in [1.165, 1.54) is 4.88 Å². The first-order valence-electron chi connectivity index (χ1n) is 7.98. The van der Waals surface area contributed by atoms with Crippen molar-refractivity contribution < 1.29 is 9.84 Å². The molecule has 1 aromatic heterocycles. The van der Waals surface area contributed by atoms with Crippen molar-refractivity contribution >= 4 is 11.3 Å². The molecule has 1 aromatic rings. The second kappa shape index (κ2) is 8.79. The molecule has 0 spiro atoms. The van der Waals surface area contributed by atoms with Gasteiger partial charge in [0.1, 0.15) is 0 Å². The Hall–Kier alpha value is -0.720. The summed E-state index contributed by atoms with van der Waals surface area (Å²) in [6.07, 6.45) is 2.04. The summed E-state index contributed by atoms with van der Waals surface area (Å²) in [6.45, 7) is 12.8. The number of aliphatic hydroxyl groups is 1. The van der Waals surface area contributed by atoms with E-state index in [2.05, 4.69) is 47.7 Å². The van der Waals surface area contributed by atoms with Crippen LogP contribution in [0.2, 0.25) is 0 Å². The minimum atomic E-state index is -0.350. The number of morpholine rings is 1. The van der Waals surface area contributed by atoms with E-state index >= 15 is 0 Å². The van der Waals surface area contributed by atoms with Crippen LogP contribution in [0, 0.1) is 0 Å². The summed E-state index contributed by atoms with van der Waals surface area (Å²) in [5, 5.41) is 12.5. The van der Waals surface area contributed by atoms with Crippen molar-refractivity contribution in [2.45, 2.75) is 38.7 Å². The van der Waals surface area contributed by atoms with Crippen molar-refractivity contribution in [3.05, 3.63) is 35.0 Å². The van der Waals surface area contributed by atoms with Crippen molar-refractivity contribution in [2.75, 3.05) is 32.7 Å². The molecule has 3 unspecified atom stereocenters. The molecule has 0 bridgehead atoms. The Labute approximate surface area is 138 Å². The van der Waals surface area contributed by atoms with Crippen LogP contribution in [0.3, 0.4) is 0 Å². The van der Waals surface area contributed by atoms with Gasteiger partial charge >= 0.3 is 0 Å². The van der Waals surface area contributed by atoms with Crippen LogP contribution in [0.5, 0.6) is 0 Å². The largest absolute Gasteiger partial charge is 0.390 e. The molecule has 22 heavy (non-hydrogen) atoms. The average molecular weight is 324 g/mol. The number of ether oxygens (including phenoxy) is 1. The molecule has 5 heteroatoms. The third kappa shape index (κ3) is 5.82. The van der Waals surface area contributed by atoms with Gasteiger partial charge in [0.2, 0.25) is 0 Å². The van der Waals surface area contributed by atoms with Gasteiger partial charge in [-0.15, -0.1) is 17.9 Å². The quantitative estimate of drug-likeness (QED) is 0.744. The van der Waals surface area contributed by atoms with Crippen LogP contribution in [-0.4, -0.2) is 65.9 Å². The molecule has 1 aliphatic rings. The van der Waals surface area contributed by atoms with E-state index in [1.54, 1.807) is 11.3 Å². The first-order valence-corrected chi connectivity index (χ1v) is 8.86. The fraction of sp³-hybridized carbons (Fsp3) is 0.647. The molecule has 0 aromatic carbocycles. The Balaban J connectivity index is 1.82. The van der Waals surface area contributed by atoms with E-state index in [9.17, 15) is 5.11 Å². The maximum Gasteiger partial charge on any atom is 0.0794 e. The minimum absolute atomic E-state index is 0.242.